The third-order valence-electron chi connectivity index (χ3n) is 12.4. The largest absolute Gasteiger partial charge is 2.00 e. The molecule has 4 aromatic rings. The number of carboxylic acid groups (broad SMARTS) is 2. The summed E-state index contributed by atoms with van der Waals surface area (Å²) >= 11 is 0. The van der Waals surface area contributed by atoms with E-state index in [4.69, 9.17) is 19.8 Å². The van der Waals surface area contributed by atoms with Gasteiger partial charge in [-0.15, -0.1) is 0 Å². The topological polar surface area (TPSA) is 80.3 Å². The van der Waals surface area contributed by atoms with E-state index in [1.165, 1.54) is 151 Å². The van der Waals surface area contributed by atoms with E-state index in [1.807, 2.05) is 0 Å². The van der Waals surface area contributed by atoms with Gasteiger partial charge < -0.3 is 19.8 Å². The van der Waals surface area contributed by atoms with E-state index in [2.05, 4.69) is 109 Å². The number of aliphatic carboxylic acids is 2. The Labute approximate surface area is 373 Å². The van der Waals surface area contributed by atoms with E-state index in [-0.39, 0.29) is 36.3 Å². The number of carbonyl (C=O) groups is 2. The van der Waals surface area contributed by atoms with Gasteiger partial charge in [-0.2, -0.15) is 0 Å². The van der Waals surface area contributed by atoms with Crippen molar-refractivity contribution in [3.63, 3.8) is 0 Å². The first kappa shape index (κ1) is 49.0. The second kappa shape index (κ2) is 27.3. The number of hydrogen-bond acceptors (Lipinski definition) is 4. The number of hydrogen-bond donors (Lipinski definition) is 0. The van der Waals surface area contributed by atoms with Gasteiger partial charge in [-0.1, -0.05) is 202 Å². The summed E-state index contributed by atoms with van der Waals surface area (Å²) in [5.41, 5.74) is 9.74. The molecule has 320 valence electrons. The summed E-state index contributed by atoms with van der Waals surface area (Å²) < 4.78 is 0. The summed E-state index contributed by atoms with van der Waals surface area (Å²) in [5, 5.41) is 21.2. The Morgan fingerprint density at radius 1 is 0.390 bits per heavy atom. The van der Waals surface area contributed by atoms with Crippen molar-refractivity contribution < 1.29 is 40.2 Å². The third kappa shape index (κ3) is 16.0. The maximum absolute atomic E-state index is 8.89. The summed E-state index contributed by atoms with van der Waals surface area (Å²) in [6.07, 6.45) is 29.4. The first-order chi connectivity index (χ1) is 28.3. The van der Waals surface area contributed by atoms with Crippen LogP contribution in [0.5, 0.6) is 0 Å². The molecule has 8 rings (SSSR count). The van der Waals surface area contributed by atoms with Crippen molar-refractivity contribution in [2.45, 2.75) is 165 Å². The number of benzene rings is 4. The average molecular weight is 925 g/mol. The van der Waals surface area contributed by atoms with Crippen LogP contribution in [-0.4, -0.2) is 34.6 Å². The second-order valence-electron chi connectivity index (χ2n) is 16.7. The Morgan fingerprint density at radius 3 is 0.864 bits per heavy atom. The van der Waals surface area contributed by atoms with Crippen LogP contribution in [0.1, 0.15) is 142 Å². The molecule has 7 heteroatoms. The quantitative estimate of drug-likeness (QED) is 0.130. The molecule has 0 aliphatic heterocycles. The van der Waals surface area contributed by atoms with E-state index >= 15 is 0 Å². The molecule has 4 nitrogen and oxygen atoms in total. The minimum atomic E-state index is -1.08. The van der Waals surface area contributed by atoms with Gasteiger partial charge in [0.15, 0.2) is 0 Å². The van der Waals surface area contributed by atoms with E-state index in [1.54, 1.807) is 10.6 Å². The Kier molecular flexibility index (Phi) is 22.7. The molecule has 0 atom stereocenters. The second-order valence-corrected chi connectivity index (χ2v) is 22.2. The Balaban J connectivity index is 0.000000218. The third-order valence-corrected chi connectivity index (χ3v) is 19.5. The first-order valence-corrected chi connectivity index (χ1v) is 25.5. The maximum atomic E-state index is 8.89. The number of rotatable bonds is 8. The fourth-order valence-corrected chi connectivity index (χ4v) is 17.9. The molecule has 0 spiro atoms. The minimum absolute atomic E-state index is 0. The smallest absolute Gasteiger partial charge is 0.550 e. The van der Waals surface area contributed by atoms with Crippen molar-refractivity contribution in [2.24, 2.45) is 0 Å². The molecule has 0 N–H and O–H groups in total. The van der Waals surface area contributed by atoms with Crippen LogP contribution < -0.4 is 20.8 Å². The molecule has 59 heavy (non-hydrogen) atoms. The molecule has 4 fully saturated rings. The molecule has 0 amide bonds. The van der Waals surface area contributed by atoms with Gasteiger partial charge >= 0.3 is 20.4 Å². The van der Waals surface area contributed by atoms with Crippen LogP contribution in [0.25, 0.3) is 22.3 Å². The zero-order valence-corrected chi connectivity index (χ0v) is 39.0. The molecule has 0 radical (unpaired) electrons. The summed E-state index contributed by atoms with van der Waals surface area (Å²) in [5.74, 6) is -2.17. The normalized spacial score (nSPS) is 17.8. The van der Waals surface area contributed by atoms with Crippen LogP contribution in [0, 0.1) is 0 Å². The minimum Gasteiger partial charge on any atom is -0.550 e. The van der Waals surface area contributed by atoms with Crippen molar-refractivity contribution in [1.29, 1.82) is 0 Å². The van der Waals surface area contributed by atoms with Gasteiger partial charge in [0.1, 0.15) is 0 Å². The molecule has 0 bridgehead atoms. The van der Waals surface area contributed by atoms with Crippen LogP contribution in [-0.2, 0) is 30.0 Å². The zero-order chi connectivity index (χ0) is 41.0. The summed E-state index contributed by atoms with van der Waals surface area (Å²) in [6.45, 7) is 1.94. The van der Waals surface area contributed by atoms with Crippen LogP contribution in [0.3, 0.4) is 0 Å². The van der Waals surface area contributed by atoms with Crippen molar-refractivity contribution in [1.82, 2.24) is 0 Å². The van der Waals surface area contributed by atoms with Gasteiger partial charge in [0.05, 0.1) is 0 Å². The average Bonchev–Trinajstić information content (AvgIpc) is 3.26. The predicted octanol–water partition coefficient (Wildman–Crippen LogP) is 11.8. The van der Waals surface area contributed by atoms with Crippen LogP contribution in [0.15, 0.2) is 109 Å². The summed E-state index contributed by atoms with van der Waals surface area (Å²) in [4.78, 5) is 17.8. The van der Waals surface area contributed by atoms with E-state index in [9.17, 15) is 0 Å². The van der Waals surface area contributed by atoms with Crippen molar-refractivity contribution in [3.05, 3.63) is 109 Å². The fourth-order valence-electron chi connectivity index (χ4n) is 9.94. The van der Waals surface area contributed by atoms with Gasteiger partial charge in [0.25, 0.3) is 0 Å². The summed E-state index contributed by atoms with van der Waals surface area (Å²) in [6, 6.07) is 41.0. The van der Waals surface area contributed by atoms with Crippen molar-refractivity contribution in [3.8, 4) is 22.3 Å². The van der Waals surface area contributed by atoms with Crippen molar-refractivity contribution >= 4 is 38.4 Å². The summed E-state index contributed by atoms with van der Waals surface area (Å²) in [7, 11) is -0.0730. The molecule has 4 saturated carbocycles. The van der Waals surface area contributed by atoms with Crippen molar-refractivity contribution in [2.75, 3.05) is 0 Å². The van der Waals surface area contributed by atoms with Gasteiger partial charge in [0.2, 0.25) is 0 Å². The van der Waals surface area contributed by atoms with E-state index in [0.29, 0.717) is 0 Å². The Bertz CT molecular complexity index is 1590. The predicted molar refractivity (Wildman–Crippen MR) is 246 cm³/mol. The van der Waals surface area contributed by atoms with E-state index in [0.717, 1.165) is 36.5 Å². The Hall–Kier alpha value is -2.66. The number of carboxylic acids is 2. The molecule has 4 aromatic carbocycles. The number of carbonyl (C=O) groups excluding carboxylic acids is 2. The van der Waals surface area contributed by atoms with Gasteiger partial charge in [-0.25, -0.2) is 0 Å². The molecular weight excluding hydrogens is 857 g/mol. The molecule has 0 unspecified atom stereocenters. The molecule has 0 aromatic heterocycles. The fraction of sp³-hybridized carbons (Fsp3) is 0.500. The SMILES string of the molecule is CC(=O)[O-].CC(=O)[O-].[Pd+2].c1ccc(-c2ccccc2P(C2CCCCC2)C2CCCCC2)cc1.c1ccc(-c2ccccc2P(C2CCCCC2)C2CCCCC2)cc1. The molecular formula is C52H68O4P2Pd. The van der Waals surface area contributed by atoms with Gasteiger partial charge in [-0.05, 0) is 121 Å². The van der Waals surface area contributed by atoms with Gasteiger partial charge in [-0.3, -0.25) is 0 Å². The molecule has 0 saturated heterocycles. The molecule has 4 aliphatic carbocycles. The molecule has 4 aliphatic rings. The first-order valence-electron chi connectivity index (χ1n) is 22.5. The van der Waals surface area contributed by atoms with Crippen LogP contribution >= 0.6 is 15.8 Å². The van der Waals surface area contributed by atoms with E-state index < -0.39 is 11.9 Å². The monoisotopic (exact) mass is 924 g/mol. The molecule has 0 heterocycles. The van der Waals surface area contributed by atoms with Crippen LogP contribution in [0.2, 0.25) is 0 Å². The maximum Gasteiger partial charge on any atom is 2.00 e. The van der Waals surface area contributed by atoms with Gasteiger partial charge in [0, 0.05) is 11.9 Å². The zero-order valence-electron chi connectivity index (χ0n) is 35.7. The Morgan fingerprint density at radius 2 is 0.610 bits per heavy atom. The standard InChI is InChI=1S/2C24H31P.2C2H4O2.Pd/c2*1-4-12-20(13-5-1)23-18-10-11-19-24(23)25(21-14-6-2-7-15-21)22-16-8-3-9-17-22;2*1-2(3)4;/h2*1,4-5,10-13,18-19,21-22H,2-3,6-9,14-17H2;2*1H3,(H,3,4);/q;;;;+2/p-2. The van der Waals surface area contributed by atoms with Crippen LogP contribution in [0.4, 0.5) is 0 Å².